The lowest BCUT2D eigenvalue weighted by molar-refractivity contribution is -0.870. The molecule has 1 unspecified atom stereocenters. The van der Waals surface area contributed by atoms with Crippen molar-refractivity contribution in [2.75, 3.05) is 27.7 Å². The van der Waals surface area contributed by atoms with Crippen molar-refractivity contribution in [3.63, 3.8) is 0 Å². The van der Waals surface area contributed by atoms with Crippen LogP contribution in [0.15, 0.2) is 60.8 Å². The summed E-state index contributed by atoms with van der Waals surface area (Å²) < 4.78 is 6.94. The Labute approximate surface area is 294 Å². The van der Waals surface area contributed by atoms with E-state index in [9.17, 15) is 4.79 Å². The van der Waals surface area contributed by atoms with Crippen LogP contribution in [0.5, 0.6) is 0 Å². The normalized spacial score (nSPS) is 13.4. The molecule has 0 aromatic carbocycles. The lowest BCUT2D eigenvalue weighted by Crippen LogP contribution is -2.35. The topological polar surface area (TPSA) is 26.3 Å². The lowest BCUT2D eigenvalue weighted by Gasteiger charge is -2.24. The first-order valence-corrected chi connectivity index (χ1v) is 20.1. The third-order valence-corrected chi connectivity index (χ3v) is 8.66. The van der Waals surface area contributed by atoms with Crippen molar-refractivity contribution >= 4 is 5.97 Å². The summed E-state index contributed by atoms with van der Waals surface area (Å²) in [6.07, 6.45) is 53.9. The molecular formula is C44H80NO2+. The fraction of sp³-hybridized carbons (Fsp3) is 0.750. The molecule has 0 heterocycles. The molecule has 0 saturated heterocycles. The van der Waals surface area contributed by atoms with Crippen LogP contribution in [-0.4, -0.2) is 44.2 Å². The number of hydrogen-bond donors (Lipinski definition) is 0. The van der Waals surface area contributed by atoms with Crippen LogP contribution in [-0.2, 0) is 9.53 Å². The molecule has 0 amide bonds. The summed E-state index contributed by atoms with van der Waals surface area (Å²) in [7, 11) is 6.55. The van der Waals surface area contributed by atoms with Crippen LogP contribution in [0.25, 0.3) is 0 Å². The van der Waals surface area contributed by atoms with Gasteiger partial charge in [-0.25, -0.2) is 0 Å². The maximum Gasteiger partial charge on any atom is 0.306 e. The number of carbonyl (C=O) groups is 1. The minimum atomic E-state index is 0.0142. The number of esters is 1. The van der Waals surface area contributed by atoms with Gasteiger partial charge in [-0.1, -0.05) is 139 Å². The molecule has 0 spiro atoms. The lowest BCUT2D eigenvalue weighted by atomic mass is 10.0. The average molecular weight is 655 g/mol. The van der Waals surface area contributed by atoms with E-state index in [4.69, 9.17) is 4.74 Å². The van der Waals surface area contributed by atoms with Crippen LogP contribution >= 0.6 is 0 Å². The summed E-state index contributed by atoms with van der Waals surface area (Å²) in [5.74, 6) is 0.0142. The van der Waals surface area contributed by atoms with Gasteiger partial charge in [-0.15, -0.1) is 0 Å². The van der Waals surface area contributed by atoms with E-state index in [0.29, 0.717) is 6.42 Å². The molecule has 0 aliphatic heterocycles. The summed E-state index contributed by atoms with van der Waals surface area (Å²) in [6, 6.07) is 0. The Bertz CT molecular complexity index is 813. The average Bonchev–Trinajstić information content (AvgIpc) is 3.03. The van der Waals surface area contributed by atoms with Crippen LogP contribution in [0.1, 0.15) is 181 Å². The molecule has 0 N–H and O–H groups in total. The zero-order chi connectivity index (χ0) is 34.5. The highest BCUT2D eigenvalue weighted by Gasteiger charge is 2.16. The van der Waals surface area contributed by atoms with E-state index in [0.717, 1.165) is 56.0 Å². The summed E-state index contributed by atoms with van der Waals surface area (Å²) in [4.78, 5) is 12.6. The van der Waals surface area contributed by atoms with Crippen molar-refractivity contribution in [1.29, 1.82) is 0 Å². The molecule has 0 aliphatic rings. The van der Waals surface area contributed by atoms with Crippen LogP contribution in [0.4, 0.5) is 0 Å². The Kier molecular flexibility index (Phi) is 34.0. The molecule has 1 atom stereocenters. The number of ether oxygens (including phenoxy) is 1. The number of unbranched alkanes of at least 4 members (excludes halogenated alkanes) is 15. The van der Waals surface area contributed by atoms with E-state index >= 15 is 0 Å². The molecular weight excluding hydrogens is 574 g/mol. The van der Waals surface area contributed by atoms with E-state index in [-0.39, 0.29) is 12.1 Å². The smallest absolute Gasteiger partial charge is 0.306 e. The number of hydrogen-bond acceptors (Lipinski definition) is 2. The first-order valence-electron chi connectivity index (χ1n) is 20.1. The van der Waals surface area contributed by atoms with Crippen molar-refractivity contribution < 1.29 is 14.0 Å². The minimum absolute atomic E-state index is 0.0142. The van der Waals surface area contributed by atoms with E-state index in [1.54, 1.807) is 0 Å². The number of quaternary nitrogens is 1. The van der Waals surface area contributed by atoms with Gasteiger partial charge in [0.1, 0.15) is 6.10 Å². The molecule has 0 aliphatic carbocycles. The van der Waals surface area contributed by atoms with Crippen LogP contribution in [0.2, 0.25) is 0 Å². The predicted molar refractivity (Wildman–Crippen MR) is 210 cm³/mol. The second kappa shape index (κ2) is 35.4. The Morgan fingerprint density at radius 2 is 0.915 bits per heavy atom. The van der Waals surface area contributed by atoms with E-state index in [2.05, 4.69) is 95.8 Å². The van der Waals surface area contributed by atoms with Gasteiger partial charge in [-0.2, -0.15) is 0 Å². The summed E-state index contributed by atoms with van der Waals surface area (Å²) in [5.41, 5.74) is 0. The first-order chi connectivity index (χ1) is 22.9. The highest BCUT2D eigenvalue weighted by molar-refractivity contribution is 5.69. The molecule has 0 rings (SSSR count). The molecule has 0 bridgehead atoms. The van der Waals surface area contributed by atoms with Gasteiger partial charge in [0.2, 0.25) is 0 Å². The monoisotopic (exact) mass is 655 g/mol. The maximum atomic E-state index is 12.6. The van der Waals surface area contributed by atoms with Gasteiger partial charge >= 0.3 is 5.97 Å². The van der Waals surface area contributed by atoms with Crippen molar-refractivity contribution in [2.24, 2.45) is 0 Å². The van der Waals surface area contributed by atoms with E-state index in [1.807, 2.05) is 0 Å². The fourth-order valence-corrected chi connectivity index (χ4v) is 5.73. The van der Waals surface area contributed by atoms with Gasteiger partial charge in [0, 0.05) is 6.42 Å². The molecule has 0 aromatic heterocycles. The van der Waals surface area contributed by atoms with Crippen molar-refractivity contribution in [1.82, 2.24) is 0 Å². The molecule has 0 fully saturated rings. The quantitative estimate of drug-likeness (QED) is 0.0299. The van der Waals surface area contributed by atoms with Gasteiger partial charge < -0.3 is 9.22 Å². The maximum absolute atomic E-state index is 12.6. The number of allylic oxidation sites excluding steroid dienone is 10. The van der Waals surface area contributed by atoms with Gasteiger partial charge in [0.25, 0.3) is 0 Å². The molecule has 3 heteroatoms. The molecule has 0 saturated carbocycles. The van der Waals surface area contributed by atoms with Gasteiger partial charge in [-0.3, -0.25) is 4.79 Å². The largest absolute Gasteiger partial charge is 0.462 e. The van der Waals surface area contributed by atoms with Crippen LogP contribution < -0.4 is 0 Å². The Hall–Kier alpha value is -1.87. The molecule has 3 nitrogen and oxygen atoms in total. The van der Waals surface area contributed by atoms with Gasteiger partial charge in [0.15, 0.2) is 0 Å². The van der Waals surface area contributed by atoms with E-state index in [1.165, 1.54) is 116 Å². The number of rotatable bonds is 34. The van der Waals surface area contributed by atoms with Gasteiger partial charge in [0.05, 0.1) is 34.1 Å². The second-order valence-electron chi connectivity index (χ2n) is 14.6. The molecule has 0 aromatic rings. The zero-order valence-electron chi connectivity index (χ0n) is 32.2. The van der Waals surface area contributed by atoms with Crippen LogP contribution in [0.3, 0.4) is 0 Å². The highest BCUT2D eigenvalue weighted by Crippen LogP contribution is 2.18. The highest BCUT2D eigenvalue weighted by atomic mass is 16.5. The third-order valence-electron chi connectivity index (χ3n) is 8.66. The van der Waals surface area contributed by atoms with Crippen molar-refractivity contribution in [2.45, 2.75) is 187 Å². The zero-order valence-corrected chi connectivity index (χ0v) is 32.2. The molecule has 272 valence electrons. The Morgan fingerprint density at radius 3 is 1.36 bits per heavy atom. The number of carbonyl (C=O) groups excluding carboxylic acids is 1. The Balaban J connectivity index is 4.10. The Morgan fingerprint density at radius 1 is 0.511 bits per heavy atom. The van der Waals surface area contributed by atoms with Crippen LogP contribution in [0, 0.1) is 0 Å². The number of nitrogens with zero attached hydrogens (tertiary/aromatic N) is 1. The standard InChI is InChI=1S/C44H80NO2/c1-6-8-10-12-14-16-18-20-22-24-26-28-30-32-34-36-39-43(47-44(46)41-38-42-45(3,4)5)40-37-35-33-31-29-27-25-23-21-19-17-15-13-11-9-7-2/h8,10,14-17,20-23,43H,6-7,9,11-13,18-19,24-42H2,1-5H3/q+1. The van der Waals surface area contributed by atoms with Crippen molar-refractivity contribution in [3.8, 4) is 0 Å². The third kappa shape index (κ3) is 38.5. The second-order valence-corrected chi connectivity index (χ2v) is 14.6. The summed E-state index contributed by atoms with van der Waals surface area (Å²) >= 11 is 0. The van der Waals surface area contributed by atoms with Crippen molar-refractivity contribution in [3.05, 3.63) is 60.8 Å². The predicted octanol–water partition coefficient (Wildman–Crippen LogP) is 13.6. The van der Waals surface area contributed by atoms with E-state index < -0.39 is 0 Å². The summed E-state index contributed by atoms with van der Waals surface area (Å²) in [5, 5.41) is 0. The fourth-order valence-electron chi connectivity index (χ4n) is 5.73. The molecule has 47 heavy (non-hydrogen) atoms. The first kappa shape index (κ1) is 45.1. The van der Waals surface area contributed by atoms with Gasteiger partial charge in [-0.05, 0) is 89.9 Å². The summed E-state index contributed by atoms with van der Waals surface area (Å²) in [6.45, 7) is 5.45. The minimum Gasteiger partial charge on any atom is -0.462 e. The SMILES string of the molecule is CCC=CCC=CCC=CCCCCCCCCC(CCCCCCCCC=CCC=CCCCCC)OC(=O)CCC[N+](C)(C)C. The molecule has 0 radical (unpaired) electrons.